The van der Waals surface area contributed by atoms with Crippen LogP contribution in [0.5, 0.6) is 11.5 Å². The first-order valence-corrected chi connectivity index (χ1v) is 17.4. The predicted octanol–water partition coefficient (Wildman–Crippen LogP) is 8.72. The van der Waals surface area contributed by atoms with E-state index < -0.39 is 15.2 Å². The maximum atomic E-state index is 12.2. The third-order valence-electron chi connectivity index (χ3n) is 5.08. The third kappa shape index (κ3) is 20.7. The molecule has 0 heterocycles. The Morgan fingerprint density at radius 3 is 1.35 bits per heavy atom. The molecule has 0 fully saturated rings. The lowest BCUT2D eigenvalue weighted by molar-refractivity contribution is 0.133. The first-order chi connectivity index (χ1) is 20.5. The van der Waals surface area contributed by atoms with E-state index in [9.17, 15) is 9.13 Å². The highest BCUT2D eigenvalue weighted by molar-refractivity contribution is 7.53. The van der Waals surface area contributed by atoms with Crippen molar-refractivity contribution in [1.82, 2.24) is 5.48 Å². The summed E-state index contributed by atoms with van der Waals surface area (Å²) in [6, 6.07) is 13.8. The Morgan fingerprint density at radius 2 is 1.07 bits per heavy atom. The minimum atomic E-state index is -3.21. The highest BCUT2D eigenvalue weighted by Crippen LogP contribution is 2.48. The van der Waals surface area contributed by atoms with Crippen molar-refractivity contribution in [1.29, 1.82) is 0 Å². The standard InChI is InChI=1S/C13H22NO5P.C13H20NO5P.C2H6O.3CH4/c2*1-4-18-20(16,19-5-2)10-17-13-8-6-12(7-9-13)11(3)14-15;1-2-3;;;/h6-9,11,14-15H,4-5,10H2,1-3H3;6-9,15H,4-5,10H2,1-3H3;3H,2H2,1H3;3*1H4/b;14-11+;;;;. The number of ether oxygens (including phenoxy) is 2. The minimum Gasteiger partial charge on any atom is -0.481 e. The van der Waals surface area contributed by atoms with Crippen LogP contribution < -0.4 is 15.0 Å². The summed E-state index contributed by atoms with van der Waals surface area (Å²) in [6.45, 7) is 13.7. The van der Waals surface area contributed by atoms with Crippen molar-refractivity contribution in [2.75, 3.05) is 45.7 Å². The smallest absolute Gasteiger partial charge is 0.367 e. The van der Waals surface area contributed by atoms with Crippen LogP contribution in [0.15, 0.2) is 53.7 Å². The van der Waals surface area contributed by atoms with Gasteiger partial charge in [-0.25, -0.2) is 0 Å². The number of hydrogen-bond acceptors (Lipinski definition) is 13. The fourth-order valence-corrected chi connectivity index (χ4v) is 5.73. The van der Waals surface area contributed by atoms with E-state index >= 15 is 0 Å². The van der Waals surface area contributed by atoms with Crippen molar-refractivity contribution in [3.05, 3.63) is 59.7 Å². The summed E-state index contributed by atoms with van der Waals surface area (Å²) in [6.07, 6.45) is -0.261. The molecule has 0 bridgehead atoms. The van der Waals surface area contributed by atoms with Crippen LogP contribution in [-0.4, -0.2) is 67.0 Å². The molecule has 2 aromatic carbocycles. The molecule has 270 valence electrons. The van der Waals surface area contributed by atoms with E-state index in [2.05, 4.69) is 10.6 Å². The molecular weight excluding hydrogens is 638 g/mol. The van der Waals surface area contributed by atoms with Crippen molar-refractivity contribution in [2.45, 2.75) is 76.8 Å². The van der Waals surface area contributed by atoms with Gasteiger partial charge >= 0.3 is 15.2 Å². The lowest BCUT2D eigenvalue weighted by Crippen LogP contribution is -2.12. The van der Waals surface area contributed by atoms with Crippen LogP contribution in [0.2, 0.25) is 0 Å². The van der Waals surface area contributed by atoms with Gasteiger partial charge in [-0.15, -0.1) is 0 Å². The van der Waals surface area contributed by atoms with Crippen LogP contribution >= 0.6 is 15.2 Å². The summed E-state index contributed by atoms with van der Waals surface area (Å²) in [5.41, 5.74) is 4.36. The van der Waals surface area contributed by atoms with Crippen LogP contribution in [-0.2, 0) is 27.2 Å². The highest BCUT2D eigenvalue weighted by atomic mass is 31.2. The fraction of sp³-hybridized carbons (Fsp3) is 0.581. The Morgan fingerprint density at radius 1 is 0.739 bits per heavy atom. The summed E-state index contributed by atoms with van der Waals surface area (Å²) in [4.78, 5) is 0. The van der Waals surface area contributed by atoms with Gasteiger partial charge in [0.05, 0.1) is 38.2 Å². The summed E-state index contributed by atoms with van der Waals surface area (Å²) in [7, 11) is -6.40. The average Bonchev–Trinajstić information content (AvgIpc) is 3.00. The Labute approximate surface area is 277 Å². The van der Waals surface area contributed by atoms with Gasteiger partial charge in [0.2, 0.25) is 0 Å². The first kappa shape index (κ1) is 50.5. The zero-order valence-electron chi connectivity index (χ0n) is 26.1. The van der Waals surface area contributed by atoms with Gasteiger partial charge in [0.1, 0.15) is 11.5 Å². The number of aliphatic hydroxyl groups excluding tert-OH is 1. The molecule has 0 amide bonds. The van der Waals surface area contributed by atoms with E-state index in [1.807, 2.05) is 19.1 Å². The minimum absolute atomic E-state index is 0. The molecule has 0 spiro atoms. The molecule has 0 radical (unpaired) electrons. The lowest BCUT2D eigenvalue weighted by Gasteiger charge is -2.17. The molecule has 0 aliphatic carbocycles. The van der Waals surface area contributed by atoms with Crippen LogP contribution in [0.1, 0.15) is 87.9 Å². The maximum Gasteiger partial charge on any atom is 0.367 e. The molecular formula is C31H60N2O11P2. The number of oxime groups is 1. The number of nitrogens with one attached hydrogen (secondary N) is 1. The molecule has 1 atom stereocenters. The Kier molecular flexibility index (Phi) is 31.7. The monoisotopic (exact) mass is 698 g/mol. The number of hydrogen-bond donors (Lipinski definition) is 4. The first-order valence-electron chi connectivity index (χ1n) is 13.9. The van der Waals surface area contributed by atoms with Gasteiger partial charge in [0, 0.05) is 6.61 Å². The molecule has 2 aromatic rings. The van der Waals surface area contributed by atoms with E-state index in [4.69, 9.17) is 43.1 Å². The largest absolute Gasteiger partial charge is 0.481 e. The molecule has 15 heteroatoms. The van der Waals surface area contributed by atoms with Crippen LogP contribution in [0.25, 0.3) is 0 Å². The van der Waals surface area contributed by atoms with Gasteiger partial charge in [0.25, 0.3) is 0 Å². The normalized spacial score (nSPS) is 11.5. The van der Waals surface area contributed by atoms with Crippen LogP contribution in [0.3, 0.4) is 0 Å². The van der Waals surface area contributed by atoms with Gasteiger partial charge in [-0.3, -0.25) is 9.13 Å². The van der Waals surface area contributed by atoms with Crippen LogP contribution in [0.4, 0.5) is 0 Å². The van der Waals surface area contributed by atoms with Gasteiger partial charge in [-0.05, 0) is 96.0 Å². The Balaban J connectivity index is -0.000000333. The molecule has 13 nitrogen and oxygen atoms in total. The number of rotatable bonds is 17. The Bertz CT molecular complexity index is 1100. The Hall–Kier alpha value is -2.31. The maximum absolute atomic E-state index is 12.2. The fourth-order valence-electron chi connectivity index (χ4n) is 3.09. The molecule has 4 N–H and O–H groups in total. The third-order valence-corrected chi connectivity index (χ3v) is 8.57. The summed E-state index contributed by atoms with van der Waals surface area (Å²) >= 11 is 0. The van der Waals surface area contributed by atoms with Gasteiger partial charge < -0.3 is 43.1 Å². The number of aliphatic hydroxyl groups is 1. The van der Waals surface area contributed by atoms with Crippen LogP contribution in [0, 0.1) is 0 Å². The second kappa shape index (κ2) is 28.9. The second-order valence-electron chi connectivity index (χ2n) is 8.39. The zero-order chi connectivity index (χ0) is 32.7. The zero-order valence-corrected chi connectivity index (χ0v) is 27.9. The topological polar surface area (TPSA) is 175 Å². The van der Waals surface area contributed by atoms with Crippen molar-refractivity contribution in [3.63, 3.8) is 0 Å². The lowest BCUT2D eigenvalue weighted by atomic mass is 10.1. The molecule has 0 saturated heterocycles. The van der Waals surface area contributed by atoms with Crippen molar-refractivity contribution >= 4 is 20.9 Å². The van der Waals surface area contributed by atoms with Gasteiger partial charge in [0.15, 0.2) is 12.7 Å². The quantitative estimate of drug-likeness (QED) is 0.0536. The van der Waals surface area contributed by atoms with E-state index in [1.54, 1.807) is 77.9 Å². The number of hydroxylamine groups is 1. The van der Waals surface area contributed by atoms with Crippen molar-refractivity contribution < 1.29 is 52.2 Å². The van der Waals surface area contributed by atoms with E-state index in [1.165, 1.54) is 0 Å². The molecule has 2 rings (SSSR count). The summed E-state index contributed by atoms with van der Waals surface area (Å²) in [5.74, 6) is 1.11. The van der Waals surface area contributed by atoms with E-state index in [-0.39, 0.29) is 47.6 Å². The number of benzene rings is 2. The predicted molar refractivity (Wildman–Crippen MR) is 186 cm³/mol. The van der Waals surface area contributed by atoms with Gasteiger partial charge in [-0.1, -0.05) is 39.6 Å². The molecule has 1 unspecified atom stereocenters. The summed E-state index contributed by atoms with van der Waals surface area (Å²) < 4.78 is 55.8. The van der Waals surface area contributed by atoms with Crippen molar-refractivity contribution in [3.8, 4) is 11.5 Å². The highest BCUT2D eigenvalue weighted by Gasteiger charge is 2.25. The molecule has 0 aromatic heterocycles. The molecule has 0 aliphatic heterocycles. The molecule has 0 aliphatic rings. The SMILES string of the molecule is C.C.C.CCO.CCOP(=O)(COc1ccc(/C(C)=N/O)cc1)OCC.CCOP(=O)(COc1ccc(C(C)NO)cc1)OCC. The molecule has 46 heavy (non-hydrogen) atoms. The average molecular weight is 699 g/mol. The van der Waals surface area contributed by atoms with E-state index in [0.717, 1.165) is 11.1 Å². The number of nitrogens with zero attached hydrogens (tertiary/aromatic N) is 1. The summed E-state index contributed by atoms with van der Waals surface area (Å²) in [5, 5.41) is 28.2. The molecule has 0 saturated carbocycles. The van der Waals surface area contributed by atoms with E-state index in [0.29, 0.717) is 43.6 Å². The van der Waals surface area contributed by atoms with Crippen molar-refractivity contribution in [2.24, 2.45) is 5.16 Å². The second-order valence-corrected chi connectivity index (χ2v) is 12.4. The van der Waals surface area contributed by atoms with Gasteiger partial charge in [-0.2, -0.15) is 5.48 Å².